The summed E-state index contributed by atoms with van der Waals surface area (Å²) in [4.78, 5) is 32.9. The molecule has 1 atom stereocenters. The largest absolute Gasteiger partial charge is 0.354 e. The molecule has 0 saturated carbocycles. The number of nitrogens with one attached hydrogen (secondary N) is 1. The maximum absolute atomic E-state index is 13.1. The van der Waals surface area contributed by atoms with E-state index in [9.17, 15) is 9.59 Å². The van der Waals surface area contributed by atoms with Crippen LogP contribution in [0.25, 0.3) is 0 Å². The van der Waals surface area contributed by atoms with E-state index in [1.807, 2.05) is 25.7 Å². The summed E-state index contributed by atoms with van der Waals surface area (Å²) in [7, 11) is 0. The topological polar surface area (TPSA) is 56.4 Å². The maximum Gasteiger partial charge on any atom is 0.270 e. The van der Waals surface area contributed by atoms with E-state index in [1.165, 1.54) is 25.9 Å². The zero-order chi connectivity index (χ0) is 18.1. The summed E-state index contributed by atoms with van der Waals surface area (Å²) in [6, 6.07) is 0. The number of aromatic amines is 1. The van der Waals surface area contributed by atoms with E-state index in [4.69, 9.17) is 0 Å². The highest BCUT2D eigenvalue weighted by Crippen LogP contribution is 2.30. The van der Waals surface area contributed by atoms with Crippen LogP contribution in [0.3, 0.4) is 0 Å². The van der Waals surface area contributed by atoms with Gasteiger partial charge in [0.05, 0.1) is 0 Å². The van der Waals surface area contributed by atoms with Gasteiger partial charge in [0.25, 0.3) is 5.91 Å². The van der Waals surface area contributed by atoms with E-state index >= 15 is 0 Å². The molecule has 1 aromatic heterocycles. The summed E-state index contributed by atoms with van der Waals surface area (Å²) < 4.78 is 0. The lowest BCUT2D eigenvalue weighted by atomic mass is 9.95. The molecule has 3 heterocycles. The zero-order valence-electron chi connectivity index (χ0n) is 16.0. The summed E-state index contributed by atoms with van der Waals surface area (Å²) in [5.41, 5.74) is 3.02. The normalized spacial score (nSPS) is 21.5. The van der Waals surface area contributed by atoms with Crippen LogP contribution in [0.2, 0.25) is 0 Å². The molecule has 2 saturated heterocycles. The number of Topliss-reactive ketones (excluding diaryl/α,β-unsaturated/α-hetero) is 1. The van der Waals surface area contributed by atoms with Crippen LogP contribution in [0.15, 0.2) is 0 Å². The van der Waals surface area contributed by atoms with Crippen molar-refractivity contribution in [2.24, 2.45) is 5.92 Å². The average Bonchev–Trinajstić information content (AvgIpc) is 3.26. The van der Waals surface area contributed by atoms with Gasteiger partial charge in [0.1, 0.15) is 5.69 Å². The molecule has 0 radical (unpaired) electrons. The zero-order valence-corrected chi connectivity index (χ0v) is 16.0. The number of rotatable bonds is 5. The number of nitrogens with zero attached hydrogens (tertiary/aromatic N) is 2. The van der Waals surface area contributed by atoms with Crippen LogP contribution in [-0.4, -0.2) is 59.2 Å². The average molecular weight is 345 g/mol. The van der Waals surface area contributed by atoms with Crippen molar-refractivity contribution in [1.82, 2.24) is 14.8 Å². The van der Waals surface area contributed by atoms with Gasteiger partial charge in [-0.15, -0.1) is 0 Å². The molecule has 0 aromatic carbocycles. The first-order valence-electron chi connectivity index (χ1n) is 9.63. The fraction of sp³-hybridized carbons (Fsp3) is 0.700. The Morgan fingerprint density at radius 2 is 1.88 bits per heavy atom. The molecule has 138 valence electrons. The predicted molar refractivity (Wildman–Crippen MR) is 99.3 cm³/mol. The number of carbonyl (C=O) groups is 2. The quantitative estimate of drug-likeness (QED) is 0.834. The molecule has 0 bridgehead atoms. The van der Waals surface area contributed by atoms with Gasteiger partial charge in [-0.1, -0.05) is 13.8 Å². The Labute approximate surface area is 150 Å². The van der Waals surface area contributed by atoms with E-state index in [1.54, 1.807) is 6.92 Å². The van der Waals surface area contributed by atoms with Gasteiger partial charge in [-0.25, -0.2) is 0 Å². The molecule has 5 nitrogen and oxygen atoms in total. The van der Waals surface area contributed by atoms with Crippen molar-refractivity contribution in [3.8, 4) is 0 Å². The lowest BCUT2D eigenvalue weighted by Gasteiger charge is -2.21. The van der Waals surface area contributed by atoms with Crippen LogP contribution in [-0.2, 0) is 0 Å². The van der Waals surface area contributed by atoms with E-state index in [2.05, 4.69) is 9.88 Å². The molecule has 1 N–H and O–H groups in total. The highest BCUT2D eigenvalue weighted by atomic mass is 16.2. The number of H-pyrrole nitrogens is 1. The van der Waals surface area contributed by atoms with Gasteiger partial charge in [0.2, 0.25) is 0 Å². The summed E-state index contributed by atoms with van der Waals surface area (Å²) in [6.45, 7) is 12.8. The fourth-order valence-electron chi connectivity index (χ4n) is 4.50. The third-order valence-corrected chi connectivity index (χ3v) is 5.66. The van der Waals surface area contributed by atoms with E-state index in [0.717, 1.165) is 37.3 Å². The Morgan fingerprint density at radius 3 is 2.48 bits per heavy atom. The molecule has 5 heteroatoms. The number of amides is 1. The molecule has 1 amide bonds. The number of aromatic nitrogens is 1. The van der Waals surface area contributed by atoms with Gasteiger partial charge >= 0.3 is 0 Å². The molecule has 0 spiro atoms. The van der Waals surface area contributed by atoms with Crippen molar-refractivity contribution in [1.29, 1.82) is 0 Å². The Bertz CT molecular complexity index is 656. The minimum absolute atomic E-state index is 0.0323. The summed E-state index contributed by atoms with van der Waals surface area (Å²) in [6.07, 6.45) is 3.70. The van der Waals surface area contributed by atoms with Gasteiger partial charge in [-0.2, -0.15) is 0 Å². The number of hydrogen-bond acceptors (Lipinski definition) is 3. The van der Waals surface area contributed by atoms with Crippen LogP contribution in [0, 0.1) is 12.8 Å². The lowest BCUT2D eigenvalue weighted by Crippen LogP contribution is -2.32. The molecule has 1 aromatic rings. The molecular weight excluding hydrogens is 314 g/mol. The summed E-state index contributed by atoms with van der Waals surface area (Å²) in [5, 5.41) is 0. The van der Waals surface area contributed by atoms with Gasteiger partial charge in [0, 0.05) is 30.9 Å². The Hall–Kier alpha value is -1.62. The van der Waals surface area contributed by atoms with Crippen molar-refractivity contribution in [2.45, 2.75) is 52.9 Å². The highest BCUT2D eigenvalue weighted by Gasteiger charge is 2.32. The number of likely N-dealkylation sites (tertiary alicyclic amines) is 2. The minimum atomic E-state index is 0.0323. The number of ketones is 1. The Kier molecular flexibility index (Phi) is 5.32. The lowest BCUT2D eigenvalue weighted by molar-refractivity contribution is 0.0777. The monoisotopic (exact) mass is 345 g/mol. The van der Waals surface area contributed by atoms with Crippen LogP contribution in [0.5, 0.6) is 0 Å². The molecule has 1 unspecified atom stereocenters. The van der Waals surface area contributed by atoms with Crippen LogP contribution < -0.4 is 0 Å². The van der Waals surface area contributed by atoms with Gasteiger partial charge in [-0.3, -0.25) is 9.59 Å². The maximum atomic E-state index is 13.1. The Morgan fingerprint density at radius 1 is 1.20 bits per heavy atom. The van der Waals surface area contributed by atoms with E-state index in [0.29, 0.717) is 17.2 Å². The first-order chi connectivity index (χ1) is 11.9. The Balaban J connectivity index is 1.75. The molecule has 25 heavy (non-hydrogen) atoms. The van der Waals surface area contributed by atoms with Crippen LogP contribution in [0.4, 0.5) is 0 Å². The van der Waals surface area contributed by atoms with Crippen molar-refractivity contribution in [3.63, 3.8) is 0 Å². The highest BCUT2D eigenvalue weighted by molar-refractivity contribution is 6.03. The second-order valence-electron chi connectivity index (χ2n) is 8.04. The third-order valence-electron chi connectivity index (χ3n) is 5.66. The number of carbonyl (C=O) groups excluding carboxylic acids is 2. The smallest absolute Gasteiger partial charge is 0.270 e. The molecule has 2 fully saturated rings. The summed E-state index contributed by atoms with van der Waals surface area (Å²) in [5.74, 6) is 0.812. The number of hydrogen-bond donors (Lipinski definition) is 1. The second kappa shape index (κ2) is 7.32. The van der Waals surface area contributed by atoms with Crippen LogP contribution >= 0.6 is 0 Å². The van der Waals surface area contributed by atoms with E-state index < -0.39 is 0 Å². The van der Waals surface area contributed by atoms with Crippen LogP contribution in [0.1, 0.15) is 78.1 Å². The molecule has 2 aliphatic heterocycles. The fourth-order valence-corrected chi connectivity index (χ4v) is 4.50. The standard InChI is InChI=1S/C20H31N3O2/c1-13(2)17-18(15(4)24)14(3)21-19(17)20(25)23-10-7-16(12-23)11-22-8-5-6-9-22/h13,16,21H,5-12H2,1-4H3. The van der Waals surface area contributed by atoms with Crippen molar-refractivity contribution >= 4 is 11.7 Å². The first kappa shape index (κ1) is 18.2. The van der Waals surface area contributed by atoms with Gasteiger partial charge in [-0.05, 0) is 63.6 Å². The number of aryl methyl sites for hydroxylation is 1. The molecule has 3 rings (SSSR count). The van der Waals surface area contributed by atoms with Crippen molar-refractivity contribution in [2.75, 3.05) is 32.7 Å². The molecular formula is C20H31N3O2. The first-order valence-corrected chi connectivity index (χ1v) is 9.63. The van der Waals surface area contributed by atoms with Gasteiger partial charge < -0.3 is 14.8 Å². The minimum Gasteiger partial charge on any atom is -0.354 e. The predicted octanol–water partition coefficient (Wildman–Crippen LogP) is 3.21. The van der Waals surface area contributed by atoms with E-state index in [-0.39, 0.29) is 17.6 Å². The third kappa shape index (κ3) is 3.66. The summed E-state index contributed by atoms with van der Waals surface area (Å²) >= 11 is 0. The SMILES string of the molecule is CC(=O)c1c(C)[nH]c(C(=O)N2CCC(CN3CCCC3)C2)c1C(C)C. The van der Waals surface area contributed by atoms with Crippen molar-refractivity contribution < 1.29 is 9.59 Å². The molecule has 0 aliphatic carbocycles. The van der Waals surface area contributed by atoms with Gasteiger partial charge in [0.15, 0.2) is 5.78 Å². The molecule has 2 aliphatic rings. The second-order valence-corrected chi connectivity index (χ2v) is 8.04. The van der Waals surface area contributed by atoms with Crippen molar-refractivity contribution in [3.05, 3.63) is 22.5 Å².